The SMILES string of the molecule is CCOC(=O)N1c2ccc(OC)nc2C(C(c2cc(C(F)(F)F)cc(C(F)(F)F)c2)c2nccc(OCc3ccccc3)n2)C(N)C1CC. The fourth-order valence-corrected chi connectivity index (χ4v) is 6.04. The van der Waals surface area contributed by atoms with Gasteiger partial charge in [0, 0.05) is 30.3 Å². The van der Waals surface area contributed by atoms with Crippen LogP contribution in [0.1, 0.15) is 65.9 Å². The predicted molar refractivity (Wildman–Crippen MR) is 166 cm³/mol. The lowest BCUT2D eigenvalue weighted by molar-refractivity contribution is -0.143. The molecular formula is C34H33F6N5O4. The molecule has 0 spiro atoms. The Kier molecular flexibility index (Phi) is 10.3. The molecular weight excluding hydrogens is 656 g/mol. The summed E-state index contributed by atoms with van der Waals surface area (Å²) in [5.74, 6) is -2.71. The average molecular weight is 690 g/mol. The zero-order chi connectivity index (χ0) is 35.5. The largest absolute Gasteiger partial charge is 0.481 e. The molecule has 1 amide bonds. The van der Waals surface area contributed by atoms with Gasteiger partial charge in [0.2, 0.25) is 11.8 Å². The summed E-state index contributed by atoms with van der Waals surface area (Å²) in [6.45, 7) is 3.46. The van der Waals surface area contributed by atoms with Crippen molar-refractivity contribution in [1.82, 2.24) is 15.0 Å². The van der Waals surface area contributed by atoms with Crippen LogP contribution in [0.3, 0.4) is 0 Å². The zero-order valence-corrected chi connectivity index (χ0v) is 26.6. The Morgan fingerprint density at radius 2 is 1.59 bits per heavy atom. The van der Waals surface area contributed by atoms with Crippen molar-refractivity contribution >= 4 is 11.8 Å². The summed E-state index contributed by atoms with van der Waals surface area (Å²) in [7, 11) is 1.33. The van der Waals surface area contributed by atoms with Crippen LogP contribution >= 0.6 is 0 Å². The molecule has 15 heteroatoms. The van der Waals surface area contributed by atoms with Crippen molar-refractivity contribution < 1.29 is 45.3 Å². The van der Waals surface area contributed by atoms with Gasteiger partial charge in [-0.1, -0.05) is 37.3 Å². The Bertz CT molecular complexity index is 1740. The number of carbonyl (C=O) groups is 1. The molecule has 0 saturated carbocycles. The van der Waals surface area contributed by atoms with Gasteiger partial charge < -0.3 is 19.9 Å². The van der Waals surface area contributed by atoms with E-state index in [1.807, 2.05) is 18.2 Å². The van der Waals surface area contributed by atoms with Crippen LogP contribution in [0.15, 0.2) is 72.9 Å². The number of halogens is 6. The summed E-state index contributed by atoms with van der Waals surface area (Å²) in [5, 5.41) is 0. The molecule has 9 nitrogen and oxygen atoms in total. The van der Waals surface area contributed by atoms with Gasteiger partial charge >= 0.3 is 18.4 Å². The van der Waals surface area contributed by atoms with Gasteiger partial charge in [0.25, 0.3) is 0 Å². The quantitative estimate of drug-likeness (QED) is 0.180. The molecule has 4 unspecified atom stereocenters. The zero-order valence-electron chi connectivity index (χ0n) is 26.6. The van der Waals surface area contributed by atoms with E-state index in [2.05, 4.69) is 15.0 Å². The highest BCUT2D eigenvalue weighted by Gasteiger charge is 2.48. The van der Waals surface area contributed by atoms with Crippen LogP contribution in [-0.4, -0.2) is 46.8 Å². The van der Waals surface area contributed by atoms with E-state index in [0.717, 1.165) is 5.56 Å². The number of benzene rings is 2. The van der Waals surface area contributed by atoms with E-state index in [-0.39, 0.29) is 54.7 Å². The standard InChI is InChI=1S/C34H33F6N5O4/c1-4-23-29(41)28(30-24(11-12-25(43-30)47-3)45(23)32(46)48-5-2)27(20-15-21(33(35,36)37)17-22(16-20)34(38,39)40)31-42-14-13-26(44-31)49-18-19-9-7-6-8-10-19/h6-17,23,27-29H,4-5,18,41H2,1-3H3. The normalized spacial score (nSPS) is 18.4. The Morgan fingerprint density at radius 1 is 0.918 bits per heavy atom. The molecule has 3 heterocycles. The van der Waals surface area contributed by atoms with Crippen LogP contribution in [0.4, 0.5) is 36.8 Å². The second-order valence-corrected chi connectivity index (χ2v) is 11.2. The molecule has 4 atom stereocenters. The van der Waals surface area contributed by atoms with Crippen molar-refractivity contribution in [3.63, 3.8) is 0 Å². The summed E-state index contributed by atoms with van der Waals surface area (Å²) in [4.78, 5) is 28.0. The number of nitrogens with two attached hydrogens (primary N) is 1. The highest BCUT2D eigenvalue weighted by Crippen LogP contribution is 2.49. The fourth-order valence-electron chi connectivity index (χ4n) is 6.04. The summed E-state index contributed by atoms with van der Waals surface area (Å²) >= 11 is 0. The maximum absolute atomic E-state index is 14.2. The maximum atomic E-state index is 14.2. The molecule has 2 aromatic carbocycles. The van der Waals surface area contributed by atoms with Crippen molar-refractivity contribution in [3.05, 3.63) is 107 Å². The first-order valence-corrected chi connectivity index (χ1v) is 15.3. The van der Waals surface area contributed by atoms with Crippen molar-refractivity contribution in [2.75, 3.05) is 18.6 Å². The first kappa shape index (κ1) is 35.4. The van der Waals surface area contributed by atoms with Crippen molar-refractivity contribution in [2.24, 2.45) is 5.73 Å². The third-order valence-corrected chi connectivity index (χ3v) is 8.22. The van der Waals surface area contributed by atoms with Crippen LogP contribution < -0.4 is 20.1 Å². The van der Waals surface area contributed by atoms with Crippen molar-refractivity contribution in [1.29, 1.82) is 0 Å². The number of ether oxygens (including phenoxy) is 3. The maximum Gasteiger partial charge on any atom is 0.416 e. The highest BCUT2D eigenvalue weighted by atomic mass is 19.4. The van der Waals surface area contributed by atoms with Gasteiger partial charge in [0.15, 0.2) is 0 Å². The average Bonchev–Trinajstić information content (AvgIpc) is 3.07. The Hall–Kier alpha value is -4.92. The van der Waals surface area contributed by atoms with E-state index in [0.29, 0.717) is 12.1 Å². The third-order valence-electron chi connectivity index (χ3n) is 8.22. The van der Waals surface area contributed by atoms with E-state index in [4.69, 9.17) is 19.9 Å². The van der Waals surface area contributed by atoms with Crippen molar-refractivity contribution in [2.45, 2.75) is 63.1 Å². The minimum absolute atomic E-state index is 0.0188. The molecule has 49 heavy (non-hydrogen) atoms. The monoisotopic (exact) mass is 689 g/mol. The molecule has 1 aliphatic heterocycles. The van der Waals surface area contributed by atoms with Gasteiger partial charge in [-0.05, 0) is 48.7 Å². The number of aromatic nitrogens is 3. The third kappa shape index (κ3) is 7.56. The minimum Gasteiger partial charge on any atom is -0.481 e. The Morgan fingerprint density at radius 3 is 2.18 bits per heavy atom. The molecule has 1 aliphatic rings. The first-order valence-electron chi connectivity index (χ1n) is 15.3. The number of fused-ring (bicyclic) bond motifs is 1. The number of amides is 1. The second kappa shape index (κ2) is 14.3. The summed E-state index contributed by atoms with van der Waals surface area (Å²) in [6, 6.07) is 12.8. The molecule has 2 aromatic heterocycles. The number of methoxy groups -OCH3 is 1. The van der Waals surface area contributed by atoms with Crippen LogP contribution in [0.2, 0.25) is 0 Å². The molecule has 0 bridgehead atoms. The van der Waals surface area contributed by atoms with E-state index >= 15 is 0 Å². The lowest BCUT2D eigenvalue weighted by atomic mass is 9.72. The number of alkyl halides is 6. The molecule has 4 aromatic rings. The molecule has 2 N–H and O–H groups in total. The predicted octanol–water partition coefficient (Wildman–Crippen LogP) is 7.49. The molecule has 0 aliphatic carbocycles. The molecule has 0 saturated heterocycles. The van der Waals surface area contributed by atoms with E-state index in [9.17, 15) is 31.1 Å². The number of hydrogen-bond donors (Lipinski definition) is 1. The Balaban J connectivity index is 1.77. The van der Waals surface area contributed by atoms with Gasteiger partial charge in [-0.15, -0.1) is 0 Å². The van der Waals surface area contributed by atoms with Gasteiger partial charge in [-0.25, -0.2) is 14.8 Å². The van der Waals surface area contributed by atoms with Gasteiger partial charge in [0.1, 0.15) is 12.4 Å². The second-order valence-electron chi connectivity index (χ2n) is 11.2. The van der Waals surface area contributed by atoms with Gasteiger partial charge in [0.05, 0.1) is 48.2 Å². The number of rotatable bonds is 9. The molecule has 0 radical (unpaired) electrons. The number of hydrogen-bond acceptors (Lipinski definition) is 8. The van der Waals surface area contributed by atoms with E-state index in [1.165, 1.54) is 36.4 Å². The summed E-state index contributed by atoms with van der Waals surface area (Å²) < 4.78 is 102. The van der Waals surface area contributed by atoms with E-state index < -0.39 is 59.1 Å². The number of anilines is 1. The smallest absolute Gasteiger partial charge is 0.416 e. The van der Waals surface area contributed by atoms with Gasteiger partial charge in [-0.2, -0.15) is 31.3 Å². The number of pyridine rings is 1. The van der Waals surface area contributed by atoms with Crippen molar-refractivity contribution in [3.8, 4) is 11.8 Å². The van der Waals surface area contributed by atoms with Crippen LogP contribution in [0.5, 0.6) is 11.8 Å². The number of carbonyl (C=O) groups excluding carboxylic acids is 1. The minimum atomic E-state index is -5.14. The lowest BCUT2D eigenvalue weighted by Crippen LogP contribution is -2.57. The van der Waals surface area contributed by atoms with Gasteiger partial charge in [-0.3, -0.25) is 4.90 Å². The Labute approximate surface area is 278 Å². The molecule has 5 rings (SSSR count). The highest BCUT2D eigenvalue weighted by molar-refractivity contribution is 5.90. The molecule has 260 valence electrons. The van der Waals surface area contributed by atoms with Crippen LogP contribution in [-0.2, 0) is 23.7 Å². The fraction of sp³-hybridized carbons (Fsp3) is 0.353. The first-order chi connectivity index (χ1) is 23.3. The topological polar surface area (TPSA) is 113 Å². The summed E-state index contributed by atoms with van der Waals surface area (Å²) in [5.41, 5.74) is 4.48. The molecule has 0 fully saturated rings. The lowest BCUT2D eigenvalue weighted by Gasteiger charge is -2.45. The summed E-state index contributed by atoms with van der Waals surface area (Å²) in [6.07, 6.45) is -9.48. The van der Waals surface area contributed by atoms with Crippen LogP contribution in [0, 0.1) is 0 Å². The van der Waals surface area contributed by atoms with Crippen LogP contribution in [0.25, 0.3) is 0 Å². The number of nitrogens with zero attached hydrogens (tertiary/aromatic N) is 4. The van der Waals surface area contributed by atoms with E-state index in [1.54, 1.807) is 26.0 Å².